The van der Waals surface area contributed by atoms with Crippen molar-refractivity contribution in [1.29, 1.82) is 0 Å². The lowest BCUT2D eigenvalue weighted by Gasteiger charge is -2.13. The first-order valence-corrected chi connectivity index (χ1v) is 6.62. The summed E-state index contributed by atoms with van der Waals surface area (Å²) in [6.07, 6.45) is 0.952. The van der Waals surface area contributed by atoms with Gasteiger partial charge >= 0.3 is 5.63 Å². The minimum atomic E-state index is -0.316. The summed E-state index contributed by atoms with van der Waals surface area (Å²) in [5.41, 5.74) is 2.52. The van der Waals surface area contributed by atoms with Gasteiger partial charge in [0.05, 0.1) is 13.7 Å². The van der Waals surface area contributed by atoms with Gasteiger partial charge in [-0.3, -0.25) is 0 Å². The summed E-state index contributed by atoms with van der Waals surface area (Å²) in [6, 6.07) is 7.49. The summed E-state index contributed by atoms with van der Waals surface area (Å²) in [6.45, 7) is 3.61. The molecule has 0 saturated heterocycles. The Balaban J connectivity index is 2.48. The molecule has 102 valence electrons. The van der Waals surface area contributed by atoms with Crippen LogP contribution in [-0.2, 0) is 13.0 Å². The van der Waals surface area contributed by atoms with E-state index in [-0.39, 0.29) is 12.2 Å². The standard InChI is InChI=1S/C15H19NO3/c1-3-11-4-5-14-13(8-11)12(9-15(18)19-14)10-16(2)6-7-17/h4-5,8-9,17H,3,6-7,10H2,1-2H3/p+1. The third-order valence-corrected chi connectivity index (χ3v) is 3.33. The predicted molar refractivity (Wildman–Crippen MR) is 74.4 cm³/mol. The number of fused-ring (bicyclic) bond motifs is 1. The summed E-state index contributed by atoms with van der Waals surface area (Å²) in [7, 11) is 2.00. The van der Waals surface area contributed by atoms with E-state index in [4.69, 9.17) is 9.52 Å². The predicted octanol–water partition coefficient (Wildman–Crippen LogP) is 0.362. The van der Waals surface area contributed by atoms with Crippen LogP contribution in [0.5, 0.6) is 0 Å². The van der Waals surface area contributed by atoms with E-state index in [0.717, 1.165) is 22.3 Å². The van der Waals surface area contributed by atoms with Gasteiger partial charge in [0.1, 0.15) is 18.7 Å². The molecule has 0 saturated carbocycles. The second-order valence-electron chi connectivity index (χ2n) is 4.88. The Kier molecular flexibility index (Phi) is 4.35. The van der Waals surface area contributed by atoms with Crippen molar-refractivity contribution in [2.45, 2.75) is 19.9 Å². The highest BCUT2D eigenvalue weighted by molar-refractivity contribution is 5.80. The first kappa shape index (κ1) is 13.8. The van der Waals surface area contributed by atoms with Crippen LogP contribution < -0.4 is 10.5 Å². The largest absolute Gasteiger partial charge is 0.423 e. The van der Waals surface area contributed by atoms with Gasteiger partial charge in [0.25, 0.3) is 0 Å². The fraction of sp³-hybridized carbons (Fsp3) is 0.400. The first-order valence-electron chi connectivity index (χ1n) is 6.62. The summed E-state index contributed by atoms with van der Waals surface area (Å²) in [4.78, 5) is 12.7. The Morgan fingerprint density at radius 2 is 2.11 bits per heavy atom. The lowest BCUT2D eigenvalue weighted by atomic mass is 10.1. The van der Waals surface area contributed by atoms with Gasteiger partial charge in [-0.15, -0.1) is 0 Å². The minimum absolute atomic E-state index is 0.144. The normalized spacial score (nSPS) is 12.8. The summed E-state index contributed by atoms with van der Waals surface area (Å²) in [5, 5.41) is 9.96. The van der Waals surface area contributed by atoms with Crippen molar-refractivity contribution in [1.82, 2.24) is 0 Å². The molecule has 4 nitrogen and oxygen atoms in total. The molecule has 0 aliphatic carbocycles. The Labute approximate surface area is 112 Å². The van der Waals surface area contributed by atoms with Crippen molar-refractivity contribution < 1.29 is 14.4 Å². The second-order valence-corrected chi connectivity index (χ2v) is 4.88. The average Bonchev–Trinajstić information content (AvgIpc) is 2.38. The highest BCUT2D eigenvalue weighted by atomic mass is 16.4. The van der Waals surface area contributed by atoms with Crippen molar-refractivity contribution in [3.8, 4) is 0 Å². The van der Waals surface area contributed by atoms with Crippen LogP contribution in [0.2, 0.25) is 0 Å². The fourth-order valence-corrected chi connectivity index (χ4v) is 2.25. The minimum Gasteiger partial charge on any atom is -0.423 e. The van der Waals surface area contributed by atoms with Crippen LogP contribution in [0.1, 0.15) is 18.1 Å². The van der Waals surface area contributed by atoms with E-state index in [1.165, 1.54) is 5.56 Å². The van der Waals surface area contributed by atoms with Crippen LogP contribution in [0.3, 0.4) is 0 Å². The molecule has 1 atom stereocenters. The van der Waals surface area contributed by atoms with E-state index < -0.39 is 0 Å². The van der Waals surface area contributed by atoms with E-state index in [9.17, 15) is 4.79 Å². The van der Waals surface area contributed by atoms with Crippen LogP contribution in [0.15, 0.2) is 33.5 Å². The van der Waals surface area contributed by atoms with Gasteiger partial charge in [-0.25, -0.2) is 4.79 Å². The Hall–Kier alpha value is -1.65. The van der Waals surface area contributed by atoms with Crippen LogP contribution in [0.4, 0.5) is 0 Å². The SMILES string of the molecule is CCc1ccc2oc(=O)cc(C[NH+](C)CCO)c2c1. The van der Waals surface area contributed by atoms with Gasteiger partial charge in [-0.05, 0) is 24.1 Å². The van der Waals surface area contributed by atoms with Gasteiger partial charge in [-0.2, -0.15) is 0 Å². The zero-order valence-electron chi connectivity index (χ0n) is 11.4. The van der Waals surface area contributed by atoms with Crippen molar-refractivity contribution in [3.05, 3.63) is 45.8 Å². The number of hydrogen-bond acceptors (Lipinski definition) is 3. The monoisotopic (exact) mass is 262 g/mol. The van der Waals surface area contributed by atoms with Crippen LogP contribution in [0.25, 0.3) is 11.0 Å². The third-order valence-electron chi connectivity index (χ3n) is 3.33. The molecule has 0 fully saturated rings. The van der Waals surface area contributed by atoms with Crippen molar-refractivity contribution in [2.24, 2.45) is 0 Å². The highest BCUT2D eigenvalue weighted by Gasteiger charge is 2.10. The van der Waals surface area contributed by atoms with Crippen LogP contribution in [0, 0.1) is 0 Å². The first-order chi connectivity index (χ1) is 9.13. The molecule has 0 aliphatic heterocycles. The van der Waals surface area contributed by atoms with Gasteiger partial charge < -0.3 is 14.4 Å². The molecule has 0 bridgehead atoms. The second kappa shape index (κ2) is 5.99. The summed E-state index contributed by atoms with van der Waals surface area (Å²) < 4.78 is 5.23. The van der Waals surface area contributed by atoms with Gasteiger partial charge in [0, 0.05) is 17.0 Å². The summed E-state index contributed by atoms with van der Waals surface area (Å²) in [5.74, 6) is 0. The smallest absolute Gasteiger partial charge is 0.336 e. The number of rotatable bonds is 5. The Morgan fingerprint density at radius 1 is 1.32 bits per heavy atom. The van der Waals surface area contributed by atoms with E-state index >= 15 is 0 Å². The molecule has 2 aromatic rings. The molecule has 0 aliphatic rings. The molecular weight excluding hydrogens is 242 g/mol. The topological polar surface area (TPSA) is 54.9 Å². The van der Waals surface area contributed by atoms with E-state index in [0.29, 0.717) is 18.7 Å². The molecular formula is C15H20NO3+. The van der Waals surface area contributed by atoms with E-state index in [1.54, 1.807) is 6.07 Å². The van der Waals surface area contributed by atoms with E-state index in [1.807, 2.05) is 19.2 Å². The maximum atomic E-state index is 11.6. The molecule has 1 aromatic carbocycles. The molecule has 0 spiro atoms. The molecule has 4 heteroatoms. The molecule has 0 radical (unpaired) electrons. The molecule has 1 aromatic heterocycles. The molecule has 1 heterocycles. The Morgan fingerprint density at radius 3 is 2.79 bits per heavy atom. The lowest BCUT2D eigenvalue weighted by Crippen LogP contribution is -3.08. The zero-order valence-corrected chi connectivity index (χ0v) is 11.4. The van der Waals surface area contributed by atoms with Crippen LogP contribution in [-0.4, -0.2) is 25.3 Å². The molecule has 19 heavy (non-hydrogen) atoms. The van der Waals surface area contributed by atoms with Crippen molar-refractivity contribution >= 4 is 11.0 Å². The molecule has 0 amide bonds. The molecule has 1 unspecified atom stereocenters. The van der Waals surface area contributed by atoms with Crippen molar-refractivity contribution in [3.63, 3.8) is 0 Å². The highest BCUT2D eigenvalue weighted by Crippen LogP contribution is 2.18. The number of benzene rings is 1. The van der Waals surface area contributed by atoms with Crippen molar-refractivity contribution in [2.75, 3.05) is 20.2 Å². The Bertz CT molecular complexity index is 618. The zero-order chi connectivity index (χ0) is 13.8. The number of likely N-dealkylation sites (N-methyl/N-ethyl adjacent to an activating group) is 1. The molecule has 2 N–H and O–H groups in total. The van der Waals surface area contributed by atoms with E-state index in [2.05, 4.69) is 13.0 Å². The fourth-order valence-electron chi connectivity index (χ4n) is 2.25. The maximum Gasteiger partial charge on any atom is 0.336 e. The number of hydrogen-bond donors (Lipinski definition) is 2. The number of quaternary nitrogens is 1. The van der Waals surface area contributed by atoms with Gasteiger partial charge in [0.15, 0.2) is 0 Å². The third kappa shape index (κ3) is 3.22. The quantitative estimate of drug-likeness (QED) is 0.765. The number of aliphatic hydroxyl groups is 1. The lowest BCUT2D eigenvalue weighted by molar-refractivity contribution is -0.893. The summed E-state index contributed by atoms with van der Waals surface area (Å²) >= 11 is 0. The van der Waals surface area contributed by atoms with Gasteiger partial charge in [-0.1, -0.05) is 13.0 Å². The number of aryl methyl sites for hydroxylation is 1. The average molecular weight is 262 g/mol. The number of aliphatic hydroxyl groups excluding tert-OH is 1. The molecule has 2 rings (SSSR count). The van der Waals surface area contributed by atoms with Gasteiger partial charge in [0.2, 0.25) is 0 Å². The maximum absolute atomic E-state index is 11.6. The number of nitrogens with one attached hydrogen (secondary N) is 1. The van der Waals surface area contributed by atoms with Crippen LogP contribution >= 0.6 is 0 Å².